The number of nitrogens with zero attached hydrogens (tertiary/aromatic N) is 4. The molecule has 0 bridgehead atoms. The molecule has 30 heavy (non-hydrogen) atoms. The molecule has 4 rings (SSSR count). The molecular weight excluding hydrogens is 422 g/mol. The van der Waals surface area contributed by atoms with Crippen molar-refractivity contribution in [3.8, 4) is 5.69 Å². The minimum Gasteiger partial charge on any atom is -0.316 e. The standard InChI is InChI=1S/C16H15N5O8S/c1-9-7-19(8-17-9)12-6-11-10(5-13(12)21(24)25)18-15(22)16(23)20(11)4-2-3-14-28-30(26,27)29-14/h5-8,14H,2-4H2,1H3,(H,18,22). The highest BCUT2D eigenvalue weighted by atomic mass is 32.3. The Balaban J connectivity index is 1.77. The summed E-state index contributed by atoms with van der Waals surface area (Å²) < 4.78 is 33.4. The molecule has 0 unspecified atom stereocenters. The van der Waals surface area contributed by atoms with Crippen molar-refractivity contribution in [3.63, 3.8) is 0 Å². The Bertz CT molecular complexity index is 1370. The second-order valence-electron chi connectivity index (χ2n) is 6.62. The van der Waals surface area contributed by atoms with Crippen LogP contribution in [0.15, 0.2) is 34.2 Å². The van der Waals surface area contributed by atoms with Crippen molar-refractivity contribution in [1.29, 1.82) is 0 Å². The Morgan fingerprint density at radius 2 is 2.03 bits per heavy atom. The molecule has 0 spiro atoms. The van der Waals surface area contributed by atoms with Gasteiger partial charge in [0.2, 0.25) is 0 Å². The van der Waals surface area contributed by atoms with E-state index in [-0.39, 0.29) is 41.8 Å². The first kappa shape index (κ1) is 19.9. The zero-order valence-electron chi connectivity index (χ0n) is 15.5. The van der Waals surface area contributed by atoms with Gasteiger partial charge in [0.1, 0.15) is 5.69 Å². The molecule has 1 fully saturated rings. The molecule has 14 heteroatoms. The summed E-state index contributed by atoms with van der Waals surface area (Å²) in [6, 6.07) is 2.61. The Hall–Kier alpha value is -3.36. The summed E-state index contributed by atoms with van der Waals surface area (Å²) in [6.45, 7) is 1.77. The van der Waals surface area contributed by atoms with Crippen LogP contribution in [-0.2, 0) is 25.3 Å². The molecule has 3 aromatic rings. The molecular formula is C16H15N5O8S. The van der Waals surface area contributed by atoms with Gasteiger partial charge in [-0.3, -0.25) is 24.3 Å². The van der Waals surface area contributed by atoms with Crippen LogP contribution < -0.4 is 11.1 Å². The number of fused-ring (bicyclic) bond motifs is 1. The van der Waals surface area contributed by atoms with Crippen LogP contribution in [0.5, 0.6) is 0 Å². The fourth-order valence-corrected chi connectivity index (χ4v) is 3.94. The lowest BCUT2D eigenvalue weighted by molar-refractivity contribution is -0.384. The number of imidazole rings is 1. The summed E-state index contributed by atoms with van der Waals surface area (Å²) in [5.41, 5.74) is -0.847. The molecule has 1 aliphatic heterocycles. The molecule has 3 heterocycles. The van der Waals surface area contributed by atoms with Crippen molar-refractivity contribution in [2.75, 3.05) is 0 Å². The second-order valence-corrected chi connectivity index (χ2v) is 7.82. The molecule has 1 N–H and O–H groups in total. The smallest absolute Gasteiger partial charge is 0.316 e. The van der Waals surface area contributed by atoms with E-state index < -0.39 is 32.7 Å². The summed E-state index contributed by atoms with van der Waals surface area (Å²) >= 11 is 0. The lowest BCUT2D eigenvalue weighted by Crippen LogP contribution is -2.38. The number of nitro benzene ring substituents is 1. The van der Waals surface area contributed by atoms with E-state index in [0.29, 0.717) is 5.69 Å². The summed E-state index contributed by atoms with van der Waals surface area (Å²) in [7, 11) is -3.92. The Morgan fingerprint density at radius 3 is 2.63 bits per heavy atom. The number of hydrogen-bond donors (Lipinski definition) is 1. The summed E-state index contributed by atoms with van der Waals surface area (Å²) in [5.74, 6) is 0. The highest BCUT2D eigenvalue weighted by molar-refractivity contribution is 7.82. The number of hydrogen-bond acceptors (Lipinski definition) is 9. The van der Waals surface area contributed by atoms with Crippen LogP contribution in [0.4, 0.5) is 5.69 Å². The van der Waals surface area contributed by atoms with E-state index in [0.717, 1.165) is 0 Å². The fourth-order valence-electron chi connectivity index (χ4n) is 3.21. The van der Waals surface area contributed by atoms with Gasteiger partial charge in [-0.15, -0.1) is 0 Å². The SMILES string of the molecule is Cc1cn(-c2cc3c(cc2[N+](=O)[O-])[nH]c(=O)c(=O)n3CCCC2OS(=O)(=O)O2)cn1. The molecule has 0 atom stereocenters. The number of aryl methyl sites for hydroxylation is 2. The van der Waals surface area contributed by atoms with Gasteiger partial charge in [-0.1, -0.05) is 0 Å². The van der Waals surface area contributed by atoms with Crippen LogP contribution in [0.1, 0.15) is 18.5 Å². The molecule has 0 amide bonds. The minimum atomic E-state index is -3.92. The predicted octanol–water partition coefficient (Wildman–Crippen LogP) is 0.490. The van der Waals surface area contributed by atoms with Gasteiger partial charge in [0.05, 0.1) is 28.0 Å². The van der Waals surface area contributed by atoms with Crippen LogP contribution in [0.2, 0.25) is 0 Å². The third-order valence-corrected chi connectivity index (χ3v) is 5.43. The van der Waals surface area contributed by atoms with E-state index in [4.69, 9.17) is 0 Å². The largest absolute Gasteiger partial charge is 0.404 e. The molecule has 1 saturated heterocycles. The maximum atomic E-state index is 12.4. The van der Waals surface area contributed by atoms with E-state index in [1.807, 2.05) is 0 Å². The van der Waals surface area contributed by atoms with E-state index in [9.17, 15) is 28.1 Å². The monoisotopic (exact) mass is 437 g/mol. The van der Waals surface area contributed by atoms with Gasteiger partial charge in [-0.2, -0.15) is 8.42 Å². The molecule has 0 saturated carbocycles. The van der Waals surface area contributed by atoms with Crippen molar-refractivity contribution in [2.24, 2.45) is 0 Å². The number of benzene rings is 1. The van der Waals surface area contributed by atoms with Crippen LogP contribution in [-0.4, -0.2) is 38.7 Å². The van der Waals surface area contributed by atoms with Crippen molar-refractivity contribution >= 4 is 27.1 Å². The number of aromatic amines is 1. The van der Waals surface area contributed by atoms with Crippen molar-refractivity contribution in [2.45, 2.75) is 32.6 Å². The summed E-state index contributed by atoms with van der Waals surface area (Å²) in [6.07, 6.45) is 2.48. The lowest BCUT2D eigenvalue weighted by Gasteiger charge is -2.24. The van der Waals surface area contributed by atoms with Gasteiger partial charge in [-0.05, 0) is 19.4 Å². The lowest BCUT2D eigenvalue weighted by atomic mass is 10.2. The van der Waals surface area contributed by atoms with E-state index >= 15 is 0 Å². The Kier molecular flexibility index (Phi) is 4.76. The summed E-state index contributed by atoms with van der Waals surface area (Å²) in [5, 5.41) is 11.6. The highest BCUT2D eigenvalue weighted by Crippen LogP contribution is 2.28. The number of H-pyrrole nitrogens is 1. The first-order valence-corrected chi connectivity index (χ1v) is 10.1. The van der Waals surface area contributed by atoms with E-state index in [2.05, 4.69) is 18.3 Å². The first-order valence-electron chi connectivity index (χ1n) is 8.72. The van der Waals surface area contributed by atoms with Crippen molar-refractivity contribution in [3.05, 3.63) is 61.2 Å². The van der Waals surface area contributed by atoms with Crippen molar-refractivity contribution in [1.82, 2.24) is 19.1 Å². The maximum absolute atomic E-state index is 12.4. The van der Waals surface area contributed by atoms with Crippen LogP contribution >= 0.6 is 0 Å². The Labute approximate surface area is 168 Å². The van der Waals surface area contributed by atoms with Crippen LogP contribution in [0.25, 0.3) is 16.7 Å². The van der Waals surface area contributed by atoms with Gasteiger partial charge >= 0.3 is 21.5 Å². The van der Waals surface area contributed by atoms with Crippen molar-refractivity contribution < 1.29 is 21.7 Å². The molecule has 1 aromatic carbocycles. The summed E-state index contributed by atoms with van der Waals surface area (Å²) in [4.78, 5) is 41.8. The third kappa shape index (κ3) is 3.62. The van der Waals surface area contributed by atoms with Gasteiger partial charge in [0.25, 0.3) is 5.69 Å². The highest BCUT2D eigenvalue weighted by Gasteiger charge is 2.35. The third-order valence-electron chi connectivity index (χ3n) is 4.53. The fraction of sp³-hybridized carbons (Fsp3) is 0.312. The molecule has 0 aliphatic carbocycles. The Morgan fingerprint density at radius 1 is 1.30 bits per heavy atom. The topological polar surface area (TPSA) is 168 Å². The quantitative estimate of drug-likeness (QED) is 0.328. The van der Waals surface area contributed by atoms with Gasteiger partial charge in [-0.25, -0.2) is 13.4 Å². The number of nitro groups is 1. The van der Waals surface area contributed by atoms with E-state index in [1.165, 1.54) is 27.6 Å². The van der Waals surface area contributed by atoms with E-state index in [1.54, 1.807) is 13.1 Å². The maximum Gasteiger partial charge on any atom is 0.404 e. The van der Waals surface area contributed by atoms with Gasteiger partial charge in [0, 0.05) is 25.2 Å². The number of nitrogens with one attached hydrogen (secondary N) is 1. The molecule has 2 aromatic heterocycles. The zero-order chi connectivity index (χ0) is 21.6. The van der Waals surface area contributed by atoms with Gasteiger partial charge < -0.3 is 9.55 Å². The number of aromatic nitrogens is 4. The van der Waals surface area contributed by atoms with Gasteiger partial charge in [0.15, 0.2) is 6.29 Å². The average Bonchev–Trinajstić information content (AvgIpc) is 3.08. The minimum absolute atomic E-state index is 0.0444. The molecule has 0 radical (unpaired) electrons. The first-order chi connectivity index (χ1) is 14.1. The molecule has 1 aliphatic rings. The zero-order valence-corrected chi connectivity index (χ0v) is 16.3. The molecule has 13 nitrogen and oxygen atoms in total. The second kappa shape index (κ2) is 7.16. The normalized spacial score (nSPS) is 15.9. The van der Waals surface area contributed by atoms with Crippen LogP contribution in [0, 0.1) is 17.0 Å². The average molecular weight is 437 g/mol. The molecule has 158 valence electrons. The van der Waals surface area contributed by atoms with Crippen LogP contribution in [0.3, 0.4) is 0 Å². The predicted molar refractivity (Wildman–Crippen MR) is 101 cm³/mol. The number of rotatable bonds is 6.